The minimum absolute atomic E-state index is 0.133. The molecule has 0 bridgehead atoms. The van der Waals surface area contributed by atoms with E-state index >= 15 is 0 Å². The molecule has 7 nitrogen and oxygen atoms in total. The molecule has 0 saturated carbocycles. The average Bonchev–Trinajstić information content (AvgIpc) is 2.97. The van der Waals surface area contributed by atoms with E-state index < -0.39 is 15.7 Å². The molecule has 1 N–H and O–H groups in total. The van der Waals surface area contributed by atoms with Crippen LogP contribution in [0, 0.1) is 13.8 Å². The molecule has 0 saturated heterocycles. The van der Waals surface area contributed by atoms with E-state index in [9.17, 15) is 13.2 Å². The first-order chi connectivity index (χ1) is 13.3. The molecule has 146 valence electrons. The molecule has 2 aromatic carbocycles. The Labute approximate surface area is 163 Å². The van der Waals surface area contributed by atoms with Gasteiger partial charge in [-0.3, -0.25) is 4.79 Å². The number of nitrogens with one attached hydrogen (secondary N) is 1. The maximum Gasteiger partial charge on any atom is 0.259 e. The van der Waals surface area contributed by atoms with E-state index in [0.717, 1.165) is 17.5 Å². The van der Waals surface area contributed by atoms with Crippen molar-refractivity contribution in [1.29, 1.82) is 0 Å². The highest BCUT2D eigenvalue weighted by molar-refractivity contribution is 7.90. The van der Waals surface area contributed by atoms with Gasteiger partial charge in [0, 0.05) is 11.9 Å². The molecule has 0 aliphatic heterocycles. The van der Waals surface area contributed by atoms with Gasteiger partial charge in [-0.05, 0) is 44.2 Å². The van der Waals surface area contributed by atoms with E-state index in [-0.39, 0.29) is 11.5 Å². The molecule has 28 heavy (non-hydrogen) atoms. The Morgan fingerprint density at radius 3 is 2.57 bits per heavy atom. The summed E-state index contributed by atoms with van der Waals surface area (Å²) in [4.78, 5) is 12.9. The van der Waals surface area contributed by atoms with Crippen LogP contribution in [0.15, 0.2) is 57.9 Å². The number of hydrogen-bond acceptors (Lipinski definition) is 6. The van der Waals surface area contributed by atoms with Gasteiger partial charge in [-0.15, -0.1) is 0 Å². The lowest BCUT2D eigenvalue weighted by Crippen LogP contribution is -2.14. The van der Waals surface area contributed by atoms with Crippen LogP contribution in [-0.2, 0) is 16.4 Å². The van der Waals surface area contributed by atoms with Gasteiger partial charge in [-0.2, -0.15) is 0 Å². The molecule has 0 unspecified atom stereocenters. The van der Waals surface area contributed by atoms with Crippen molar-refractivity contribution in [3.05, 3.63) is 71.1 Å². The monoisotopic (exact) mass is 400 g/mol. The van der Waals surface area contributed by atoms with Gasteiger partial charge in [0.15, 0.2) is 9.84 Å². The standard InChI is InChI=1S/C20H20N2O5S/c1-13-18(14(2)27-22-13)12-26-19-10-5-4-9-17(19)20(23)21-15-7-6-8-16(11-15)28(3,24)25/h4-11H,12H2,1-3H3,(H,21,23). The van der Waals surface area contributed by atoms with Crippen molar-refractivity contribution in [2.45, 2.75) is 25.3 Å². The number of hydrogen-bond donors (Lipinski definition) is 1. The number of rotatable bonds is 6. The van der Waals surface area contributed by atoms with E-state index in [1.54, 1.807) is 43.3 Å². The zero-order chi connectivity index (χ0) is 20.3. The van der Waals surface area contributed by atoms with Crippen LogP contribution in [0.3, 0.4) is 0 Å². The Morgan fingerprint density at radius 1 is 1.14 bits per heavy atom. The molecule has 0 radical (unpaired) electrons. The van der Waals surface area contributed by atoms with Crippen molar-refractivity contribution >= 4 is 21.4 Å². The first-order valence-corrected chi connectivity index (χ1v) is 10.4. The Kier molecular flexibility index (Phi) is 5.51. The molecular formula is C20H20N2O5S. The molecule has 8 heteroatoms. The van der Waals surface area contributed by atoms with Crippen molar-refractivity contribution in [1.82, 2.24) is 5.16 Å². The maximum absolute atomic E-state index is 12.7. The van der Waals surface area contributed by atoms with Crippen LogP contribution in [0.5, 0.6) is 5.75 Å². The number of sulfone groups is 1. The van der Waals surface area contributed by atoms with Crippen LogP contribution >= 0.6 is 0 Å². The number of carbonyl (C=O) groups is 1. The summed E-state index contributed by atoms with van der Waals surface area (Å²) in [5.74, 6) is 0.663. The number of aromatic nitrogens is 1. The molecule has 1 heterocycles. The van der Waals surface area contributed by atoms with Gasteiger partial charge in [-0.1, -0.05) is 23.4 Å². The molecule has 1 aromatic heterocycles. The van der Waals surface area contributed by atoms with E-state index in [4.69, 9.17) is 9.26 Å². The maximum atomic E-state index is 12.7. The second kappa shape index (κ2) is 7.85. The summed E-state index contributed by atoms with van der Waals surface area (Å²) in [6.07, 6.45) is 1.12. The van der Waals surface area contributed by atoms with E-state index in [1.165, 1.54) is 12.1 Å². The Balaban J connectivity index is 1.80. The van der Waals surface area contributed by atoms with Crippen LogP contribution in [0.2, 0.25) is 0 Å². The quantitative estimate of drug-likeness (QED) is 0.680. The van der Waals surface area contributed by atoms with Crippen LogP contribution in [0.25, 0.3) is 0 Å². The zero-order valence-electron chi connectivity index (χ0n) is 15.7. The van der Waals surface area contributed by atoms with Gasteiger partial charge in [0.2, 0.25) is 0 Å². The van der Waals surface area contributed by atoms with Gasteiger partial charge < -0.3 is 14.6 Å². The molecule has 3 rings (SSSR count). The third-order valence-electron chi connectivity index (χ3n) is 4.20. The summed E-state index contributed by atoms with van der Waals surface area (Å²) in [6.45, 7) is 3.84. The molecule has 0 aliphatic rings. The minimum Gasteiger partial charge on any atom is -0.488 e. The number of ether oxygens (including phenoxy) is 1. The normalized spacial score (nSPS) is 11.2. The van der Waals surface area contributed by atoms with Gasteiger partial charge >= 0.3 is 0 Å². The lowest BCUT2D eigenvalue weighted by Gasteiger charge is -2.12. The first kappa shape index (κ1) is 19.6. The fraction of sp³-hybridized carbons (Fsp3) is 0.200. The summed E-state index contributed by atoms with van der Waals surface area (Å²) in [5.41, 5.74) is 2.28. The highest BCUT2D eigenvalue weighted by atomic mass is 32.2. The van der Waals surface area contributed by atoms with Crippen molar-refractivity contribution in [2.75, 3.05) is 11.6 Å². The summed E-state index contributed by atoms with van der Waals surface area (Å²) in [6, 6.07) is 12.9. The Hall–Kier alpha value is -3.13. The lowest BCUT2D eigenvalue weighted by atomic mass is 10.1. The number of nitrogens with zero attached hydrogens (tertiary/aromatic N) is 1. The van der Waals surface area contributed by atoms with Gasteiger partial charge in [0.05, 0.1) is 21.7 Å². The van der Waals surface area contributed by atoms with Crippen molar-refractivity contribution in [3.63, 3.8) is 0 Å². The second-order valence-corrected chi connectivity index (χ2v) is 8.36. The highest BCUT2D eigenvalue weighted by Gasteiger charge is 2.16. The Bertz CT molecular complexity index is 1100. The molecule has 1 amide bonds. The van der Waals surface area contributed by atoms with Gasteiger partial charge in [0.1, 0.15) is 18.1 Å². The topological polar surface area (TPSA) is 98.5 Å². The van der Waals surface area contributed by atoms with E-state index in [1.807, 2.05) is 6.92 Å². The molecule has 0 aliphatic carbocycles. The SMILES string of the molecule is Cc1noc(C)c1COc1ccccc1C(=O)Nc1cccc(S(C)(=O)=O)c1. The van der Waals surface area contributed by atoms with Gasteiger partial charge in [0.25, 0.3) is 5.91 Å². The van der Waals surface area contributed by atoms with Crippen molar-refractivity contribution in [2.24, 2.45) is 0 Å². The van der Waals surface area contributed by atoms with Crippen molar-refractivity contribution in [3.8, 4) is 5.75 Å². The Morgan fingerprint density at radius 2 is 1.89 bits per heavy atom. The van der Waals surface area contributed by atoms with E-state index in [2.05, 4.69) is 10.5 Å². The number of aryl methyl sites for hydroxylation is 2. The van der Waals surface area contributed by atoms with Crippen molar-refractivity contribution < 1.29 is 22.5 Å². The van der Waals surface area contributed by atoms with Gasteiger partial charge in [-0.25, -0.2) is 8.42 Å². The second-order valence-electron chi connectivity index (χ2n) is 6.34. The smallest absolute Gasteiger partial charge is 0.259 e. The average molecular weight is 400 g/mol. The molecule has 0 fully saturated rings. The molecule has 0 spiro atoms. The van der Waals surface area contributed by atoms with E-state index in [0.29, 0.717) is 22.8 Å². The summed E-state index contributed by atoms with van der Waals surface area (Å²) in [5, 5.41) is 6.60. The third-order valence-corrected chi connectivity index (χ3v) is 5.32. The lowest BCUT2D eigenvalue weighted by molar-refractivity contribution is 0.102. The third kappa shape index (κ3) is 4.40. The molecular weight excluding hydrogens is 380 g/mol. The minimum atomic E-state index is -3.37. The van der Waals surface area contributed by atoms with Crippen LogP contribution < -0.4 is 10.1 Å². The van der Waals surface area contributed by atoms with Crippen LogP contribution in [-0.4, -0.2) is 25.7 Å². The molecule has 3 aromatic rings. The zero-order valence-corrected chi connectivity index (χ0v) is 16.5. The molecule has 0 atom stereocenters. The predicted octanol–water partition coefficient (Wildman–Crippen LogP) is 3.53. The fourth-order valence-corrected chi connectivity index (χ4v) is 3.31. The number of amides is 1. The van der Waals surface area contributed by atoms with Crippen LogP contribution in [0.1, 0.15) is 27.4 Å². The summed E-state index contributed by atoms with van der Waals surface area (Å²) < 4.78 is 34.3. The number of anilines is 1. The number of para-hydroxylation sites is 1. The fourth-order valence-electron chi connectivity index (χ4n) is 2.64. The number of carbonyl (C=O) groups excluding carboxylic acids is 1. The van der Waals surface area contributed by atoms with Crippen LogP contribution in [0.4, 0.5) is 5.69 Å². The number of benzene rings is 2. The first-order valence-electron chi connectivity index (χ1n) is 8.51. The predicted molar refractivity (Wildman–Crippen MR) is 104 cm³/mol. The largest absolute Gasteiger partial charge is 0.488 e. The summed E-state index contributed by atoms with van der Waals surface area (Å²) in [7, 11) is -3.37. The summed E-state index contributed by atoms with van der Waals surface area (Å²) >= 11 is 0. The highest BCUT2D eigenvalue weighted by Crippen LogP contribution is 2.23.